The van der Waals surface area contributed by atoms with Crippen LogP contribution in [0, 0.1) is 0 Å². The van der Waals surface area contributed by atoms with Gasteiger partial charge in [0.15, 0.2) is 17.3 Å². The van der Waals surface area contributed by atoms with Gasteiger partial charge < -0.3 is 15.2 Å². The SMILES string of the molecule is CCN1NC(C)C(=O)c2cc(O)c(O)cc21. The van der Waals surface area contributed by atoms with Gasteiger partial charge in [-0.1, -0.05) is 0 Å². The number of hydrogen-bond acceptors (Lipinski definition) is 5. The van der Waals surface area contributed by atoms with Gasteiger partial charge in [0, 0.05) is 18.2 Å². The van der Waals surface area contributed by atoms with Crippen LogP contribution in [-0.2, 0) is 0 Å². The fraction of sp³-hybridized carbons (Fsp3) is 0.364. The van der Waals surface area contributed by atoms with Crippen LogP contribution in [0.3, 0.4) is 0 Å². The van der Waals surface area contributed by atoms with Crippen LogP contribution in [0.5, 0.6) is 11.5 Å². The highest BCUT2D eigenvalue weighted by Gasteiger charge is 2.29. The first-order valence-corrected chi connectivity index (χ1v) is 5.18. The van der Waals surface area contributed by atoms with Crippen molar-refractivity contribution < 1.29 is 15.0 Å². The van der Waals surface area contributed by atoms with Gasteiger partial charge in [0.25, 0.3) is 0 Å². The number of anilines is 1. The lowest BCUT2D eigenvalue weighted by Gasteiger charge is -2.34. The largest absolute Gasteiger partial charge is 0.504 e. The van der Waals surface area contributed by atoms with Crippen molar-refractivity contribution in [3.8, 4) is 11.5 Å². The molecule has 0 saturated heterocycles. The Morgan fingerprint density at radius 2 is 2.00 bits per heavy atom. The zero-order valence-corrected chi connectivity index (χ0v) is 9.19. The molecule has 0 aliphatic carbocycles. The van der Waals surface area contributed by atoms with Crippen molar-refractivity contribution in [2.45, 2.75) is 19.9 Å². The molecule has 2 rings (SSSR count). The molecular formula is C11H14N2O3. The fourth-order valence-corrected chi connectivity index (χ4v) is 1.84. The molecule has 0 fully saturated rings. The van der Waals surface area contributed by atoms with Crippen LogP contribution in [0.2, 0.25) is 0 Å². The maximum atomic E-state index is 11.9. The summed E-state index contributed by atoms with van der Waals surface area (Å²) in [6, 6.07) is 2.38. The zero-order valence-electron chi connectivity index (χ0n) is 9.19. The molecule has 1 heterocycles. The smallest absolute Gasteiger partial charge is 0.183 e. The van der Waals surface area contributed by atoms with E-state index in [9.17, 15) is 15.0 Å². The third kappa shape index (κ3) is 1.49. The van der Waals surface area contributed by atoms with Gasteiger partial charge in [-0.05, 0) is 19.9 Å². The quantitative estimate of drug-likeness (QED) is 0.618. The van der Waals surface area contributed by atoms with E-state index >= 15 is 0 Å². The number of fused-ring (bicyclic) bond motifs is 1. The molecule has 0 bridgehead atoms. The first-order chi connectivity index (χ1) is 7.54. The van der Waals surface area contributed by atoms with Crippen molar-refractivity contribution in [1.82, 2.24) is 5.43 Å². The third-order valence-electron chi connectivity index (χ3n) is 2.71. The molecule has 86 valence electrons. The first-order valence-electron chi connectivity index (χ1n) is 5.18. The normalized spacial score (nSPS) is 19.8. The molecule has 0 radical (unpaired) electrons. The number of rotatable bonds is 1. The summed E-state index contributed by atoms with van der Waals surface area (Å²) in [5, 5.41) is 20.6. The highest BCUT2D eigenvalue weighted by atomic mass is 16.3. The van der Waals surface area contributed by atoms with Crippen LogP contribution in [0.15, 0.2) is 12.1 Å². The molecule has 5 heteroatoms. The van der Waals surface area contributed by atoms with Crippen molar-refractivity contribution in [2.24, 2.45) is 0 Å². The van der Waals surface area contributed by atoms with E-state index in [1.54, 1.807) is 11.9 Å². The van der Waals surface area contributed by atoms with Gasteiger partial charge in [-0.15, -0.1) is 0 Å². The Hall–Kier alpha value is -1.75. The number of benzene rings is 1. The molecule has 0 amide bonds. The lowest BCUT2D eigenvalue weighted by atomic mass is 10.00. The van der Waals surface area contributed by atoms with Crippen molar-refractivity contribution in [3.63, 3.8) is 0 Å². The Bertz CT molecular complexity index is 445. The monoisotopic (exact) mass is 222 g/mol. The highest BCUT2D eigenvalue weighted by Crippen LogP contribution is 2.35. The molecule has 1 aromatic carbocycles. The van der Waals surface area contributed by atoms with Gasteiger partial charge >= 0.3 is 0 Å². The van der Waals surface area contributed by atoms with Crippen LogP contribution in [0.1, 0.15) is 24.2 Å². The second-order valence-corrected chi connectivity index (χ2v) is 3.82. The molecule has 0 aromatic heterocycles. The van der Waals surface area contributed by atoms with Gasteiger partial charge in [0.1, 0.15) is 0 Å². The topological polar surface area (TPSA) is 72.8 Å². The van der Waals surface area contributed by atoms with E-state index < -0.39 is 0 Å². The van der Waals surface area contributed by atoms with Gasteiger partial charge in [-0.3, -0.25) is 4.79 Å². The summed E-state index contributed by atoms with van der Waals surface area (Å²) in [4.78, 5) is 11.9. The Labute approximate surface area is 93.3 Å². The number of hydrazine groups is 1. The lowest BCUT2D eigenvalue weighted by Crippen LogP contribution is -2.51. The Balaban J connectivity index is 2.59. The molecule has 1 aromatic rings. The molecule has 16 heavy (non-hydrogen) atoms. The number of nitrogens with zero attached hydrogens (tertiary/aromatic N) is 1. The molecule has 5 nitrogen and oxygen atoms in total. The fourth-order valence-electron chi connectivity index (χ4n) is 1.84. The van der Waals surface area contributed by atoms with Gasteiger partial charge in [-0.25, -0.2) is 5.43 Å². The maximum Gasteiger partial charge on any atom is 0.183 e. The predicted molar refractivity (Wildman–Crippen MR) is 59.7 cm³/mol. The Morgan fingerprint density at radius 1 is 1.38 bits per heavy atom. The number of carbonyl (C=O) groups excluding carboxylic acids is 1. The summed E-state index contributed by atoms with van der Waals surface area (Å²) >= 11 is 0. The minimum atomic E-state index is -0.323. The van der Waals surface area contributed by atoms with E-state index in [-0.39, 0.29) is 23.3 Å². The Morgan fingerprint density at radius 3 is 2.62 bits per heavy atom. The zero-order chi connectivity index (χ0) is 11.9. The Kier molecular flexibility index (Phi) is 2.47. The van der Waals surface area contributed by atoms with Crippen molar-refractivity contribution in [3.05, 3.63) is 17.7 Å². The van der Waals surface area contributed by atoms with Crippen LogP contribution in [0.4, 0.5) is 5.69 Å². The molecule has 1 aliphatic heterocycles. The highest BCUT2D eigenvalue weighted by molar-refractivity contribution is 6.06. The number of phenols is 2. The molecular weight excluding hydrogens is 208 g/mol. The number of Topliss-reactive ketones (excluding diaryl/α,β-unsaturated/α-hetero) is 1. The van der Waals surface area contributed by atoms with Crippen molar-refractivity contribution in [1.29, 1.82) is 0 Å². The van der Waals surface area contributed by atoms with Crippen molar-refractivity contribution in [2.75, 3.05) is 11.6 Å². The predicted octanol–water partition coefficient (Wildman–Crippen LogP) is 1.01. The summed E-state index contributed by atoms with van der Waals surface area (Å²) in [5.41, 5.74) is 4.04. The maximum absolute atomic E-state index is 11.9. The number of ketones is 1. The molecule has 1 aliphatic rings. The molecule has 0 spiro atoms. The van der Waals surface area contributed by atoms with E-state index in [4.69, 9.17) is 0 Å². The molecule has 3 N–H and O–H groups in total. The average Bonchev–Trinajstić information content (AvgIpc) is 2.26. The second-order valence-electron chi connectivity index (χ2n) is 3.82. The van der Waals surface area contributed by atoms with Crippen LogP contribution in [-0.4, -0.2) is 28.6 Å². The second kappa shape index (κ2) is 3.68. The summed E-state index contributed by atoms with van der Waals surface area (Å²) in [6.07, 6.45) is 0. The number of phenolic OH excluding ortho intramolecular Hbond substituents is 2. The van der Waals surface area contributed by atoms with Crippen LogP contribution in [0.25, 0.3) is 0 Å². The van der Waals surface area contributed by atoms with Crippen LogP contribution < -0.4 is 10.4 Å². The average molecular weight is 222 g/mol. The molecule has 1 atom stereocenters. The number of hydrogen-bond donors (Lipinski definition) is 3. The van der Waals surface area contributed by atoms with E-state index in [2.05, 4.69) is 5.43 Å². The van der Waals surface area contributed by atoms with E-state index in [0.717, 1.165) is 0 Å². The van der Waals surface area contributed by atoms with Gasteiger partial charge in [0.2, 0.25) is 0 Å². The number of nitrogens with one attached hydrogen (secondary N) is 1. The summed E-state index contributed by atoms with van der Waals surface area (Å²) < 4.78 is 0. The summed E-state index contributed by atoms with van der Waals surface area (Å²) in [5.74, 6) is -0.575. The van der Waals surface area contributed by atoms with Gasteiger partial charge in [-0.2, -0.15) is 0 Å². The number of carbonyl (C=O) groups is 1. The van der Waals surface area contributed by atoms with Crippen LogP contribution >= 0.6 is 0 Å². The molecule has 0 saturated carbocycles. The van der Waals surface area contributed by atoms with E-state index in [1.165, 1.54) is 12.1 Å². The number of aromatic hydroxyl groups is 2. The lowest BCUT2D eigenvalue weighted by molar-refractivity contribution is 0.0940. The first kappa shape index (κ1) is 10.8. The van der Waals surface area contributed by atoms with E-state index in [0.29, 0.717) is 17.8 Å². The summed E-state index contributed by atoms with van der Waals surface area (Å²) in [6.45, 7) is 4.36. The summed E-state index contributed by atoms with van der Waals surface area (Å²) in [7, 11) is 0. The van der Waals surface area contributed by atoms with Crippen molar-refractivity contribution >= 4 is 11.5 Å². The minimum absolute atomic E-state index is 0.0880. The molecule has 1 unspecified atom stereocenters. The van der Waals surface area contributed by atoms with E-state index in [1.807, 2.05) is 6.92 Å². The van der Waals surface area contributed by atoms with Gasteiger partial charge in [0.05, 0.1) is 11.7 Å². The third-order valence-corrected chi connectivity index (χ3v) is 2.71. The standard InChI is InChI=1S/C11H14N2O3/c1-3-13-8-5-10(15)9(14)4-7(8)11(16)6(2)12-13/h4-6,12,14-15H,3H2,1-2H3. The minimum Gasteiger partial charge on any atom is -0.504 e.